The number of anilines is 1. The normalized spacial score (nSPS) is 14.7. The molecule has 284 valence electrons. The lowest BCUT2D eigenvalue weighted by Gasteiger charge is -2.30. The van der Waals surface area contributed by atoms with Crippen molar-refractivity contribution in [3.05, 3.63) is 119 Å². The lowest BCUT2D eigenvalue weighted by Crippen LogP contribution is -2.40. The molecule has 0 saturated carbocycles. The number of aliphatic hydroxyl groups excluding tert-OH is 1. The minimum absolute atomic E-state index is 0.0135. The minimum atomic E-state index is -4.97. The van der Waals surface area contributed by atoms with Gasteiger partial charge in [-0.25, -0.2) is 4.39 Å². The fraction of sp³-hybridized carbons (Fsp3) is 0.316. The fourth-order valence-corrected chi connectivity index (χ4v) is 5.42. The van der Waals surface area contributed by atoms with E-state index in [2.05, 4.69) is 10.2 Å². The summed E-state index contributed by atoms with van der Waals surface area (Å²) in [6, 6.07) is 19.2. The average molecular weight is 750 g/mol. The molecule has 0 fully saturated rings. The van der Waals surface area contributed by atoms with Crippen LogP contribution in [0.4, 0.5) is 36.4 Å². The second-order valence-electron chi connectivity index (χ2n) is 12.6. The summed E-state index contributed by atoms with van der Waals surface area (Å²) in [5.74, 6) is -1.12. The van der Waals surface area contributed by atoms with Gasteiger partial charge in [-0.3, -0.25) is 9.59 Å². The molecule has 0 saturated heterocycles. The number of carbonyl (C=O) groups is 2. The lowest BCUT2D eigenvalue weighted by atomic mass is 10.00. The molecule has 1 atom stereocenters. The van der Waals surface area contributed by atoms with E-state index in [1.807, 2.05) is 38.4 Å². The number of para-hydroxylation sites is 2. The van der Waals surface area contributed by atoms with Crippen molar-refractivity contribution >= 4 is 17.5 Å². The number of β-amino-alcohol motifs (C(OH)–C–C–N with tert-alkyl or cyclic N) is 1. The first kappa shape index (κ1) is 40.6. The first-order valence-corrected chi connectivity index (χ1v) is 16.4. The number of benzene rings is 4. The number of amides is 2. The highest BCUT2D eigenvalue weighted by atomic mass is 19.4. The number of fused-ring (bicyclic) bond motifs is 1. The third-order valence-corrected chi connectivity index (χ3v) is 7.80. The summed E-state index contributed by atoms with van der Waals surface area (Å²) in [6.45, 7) is 2.92. The first-order chi connectivity index (χ1) is 25.0. The number of aliphatic hydroxyl groups is 1. The molecule has 2 N–H and O–H groups in total. The minimum Gasteiger partial charge on any atom is -0.490 e. The van der Waals surface area contributed by atoms with Gasteiger partial charge in [-0.2, -0.15) is 26.3 Å². The maximum absolute atomic E-state index is 13.4. The zero-order valence-corrected chi connectivity index (χ0v) is 29.0. The Hall–Kier alpha value is -5.15. The highest BCUT2D eigenvalue weighted by Crippen LogP contribution is 2.37. The summed E-state index contributed by atoms with van der Waals surface area (Å²) in [7, 11) is 4.04. The summed E-state index contributed by atoms with van der Waals surface area (Å²) in [5.41, 5.74) is -2.27. The van der Waals surface area contributed by atoms with Crippen LogP contribution in [0.15, 0.2) is 84.9 Å². The molecule has 5 rings (SSSR count). The van der Waals surface area contributed by atoms with E-state index < -0.39 is 47.3 Å². The van der Waals surface area contributed by atoms with Crippen molar-refractivity contribution in [2.24, 2.45) is 5.92 Å². The van der Waals surface area contributed by atoms with Crippen molar-refractivity contribution < 1.29 is 54.9 Å². The van der Waals surface area contributed by atoms with Gasteiger partial charge in [-0.1, -0.05) is 37.3 Å². The maximum Gasteiger partial charge on any atom is 0.416 e. The van der Waals surface area contributed by atoms with Crippen LogP contribution in [0.2, 0.25) is 0 Å². The Kier molecular flexibility index (Phi) is 13.5. The molecule has 0 unspecified atom stereocenters. The molecule has 4 aromatic rings. The number of hydrogen-bond acceptors (Lipinski definition) is 6. The molecule has 8 nitrogen and oxygen atoms in total. The largest absolute Gasteiger partial charge is 0.490 e. The molecule has 0 aliphatic carbocycles. The Labute approximate surface area is 301 Å². The van der Waals surface area contributed by atoms with E-state index in [0.29, 0.717) is 30.5 Å². The Morgan fingerprint density at radius 3 is 2.28 bits per heavy atom. The van der Waals surface area contributed by atoms with Crippen LogP contribution >= 0.6 is 0 Å². The summed E-state index contributed by atoms with van der Waals surface area (Å²) in [6.07, 6.45) is -10.9. The Morgan fingerprint density at radius 1 is 0.962 bits per heavy atom. The molecule has 53 heavy (non-hydrogen) atoms. The molecule has 0 aromatic heterocycles. The zero-order chi connectivity index (χ0) is 38.9. The van der Waals surface area contributed by atoms with E-state index in [1.54, 1.807) is 25.1 Å². The van der Waals surface area contributed by atoms with Gasteiger partial charge in [-0.15, -0.1) is 0 Å². The van der Waals surface area contributed by atoms with Crippen LogP contribution < -0.4 is 14.8 Å². The predicted molar refractivity (Wildman–Crippen MR) is 183 cm³/mol. The van der Waals surface area contributed by atoms with Crippen LogP contribution in [0.1, 0.15) is 39.5 Å². The van der Waals surface area contributed by atoms with Crippen LogP contribution in [-0.4, -0.2) is 67.1 Å². The van der Waals surface area contributed by atoms with E-state index in [0.717, 1.165) is 6.54 Å². The average Bonchev–Trinajstić information content (AvgIpc) is 3.07. The number of alkyl halides is 6. The van der Waals surface area contributed by atoms with Crippen LogP contribution in [0.3, 0.4) is 0 Å². The topological polar surface area (TPSA) is 91.3 Å². The third-order valence-electron chi connectivity index (χ3n) is 7.80. The van der Waals surface area contributed by atoms with Crippen molar-refractivity contribution in [3.8, 4) is 17.2 Å². The van der Waals surface area contributed by atoms with Gasteiger partial charge >= 0.3 is 12.4 Å². The molecule has 1 aliphatic rings. The maximum atomic E-state index is 13.4. The van der Waals surface area contributed by atoms with Crippen molar-refractivity contribution in [2.45, 2.75) is 32.2 Å². The van der Waals surface area contributed by atoms with Gasteiger partial charge in [0, 0.05) is 25.6 Å². The number of rotatable bonds is 9. The van der Waals surface area contributed by atoms with Gasteiger partial charge in [0.05, 0.1) is 42.0 Å². The molecule has 0 radical (unpaired) electrons. The number of carbonyl (C=O) groups excluding carboxylic acids is 2. The standard InChI is InChI=1S/C23H22F6N2O4.C15H16FNO/c1-13-11-31(7-8-32)21(34)16-3-2-4-18(20(16)35-12-13)30-19(33)10-14-9-15(22(24,25)26)5-6-17(14)23(27,28)29;1-17(2)11-12-7-9-13(10-8-12)18-15-6-4-3-5-14(15)16/h2-6,9,13,32H,7-8,10-12H2,1H3,(H,30,33);3-10H,11H2,1-2H3/t13-;/m1./s1. The van der Waals surface area contributed by atoms with Gasteiger partial charge in [0.15, 0.2) is 17.3 Å². The first-order valence-electron chi connectivity index (χ1n) is 16.4. The van der Waals surface area contributed by atoms with E-state index >= 15 is 0 Å². The molecule has 4 aromatic carbocycles. The zero-order valence-electron chi connectivity index (χ0n) is 29.0. The van der Waals surface area contributed by atoms with Gasteiger partial charge in [-0.05, 0) is 79.8 Å². The van der Waals surface area contributed by atoms with E-state index in [9.17, 15) is 45.4 Å². The van der Waals surface area contributed by atoms with Crippen molar-refractivity contribution in [1.82, 2.24) is 9.80 Å². The Balaban J connectivity index is 0.000000291. The number of halogens is 7. The smallest absolute Gasteiger partial charge is 0.416 e. The van der Waals surface area contributed by atoms with Crippen molar-refractivity contribution in [1.29, 1.82) is 0 Å². The lowest BCUT2D eigenvalue weighted by molar-refractivity contribution is -0.142. The molecule has 15 heteroatoms. The summed E-state index contributed by atoms with van der Waals surface area (Å²) < 4.78 is 104. The second kappa shape index (κ2) is 17.6. The second-order valence-corrected chi connectivity index (χ2v) is 12.6. The molecule has 1 heterocycles. The molecule has 1 aliphatic heterocycles. The van der Waals surface area contributed by atoms with Crippen LogP contribution in [0.25, 0.3) is 0 Å². The van der Waals surface area contributed by atoms with Gasteiger partial charge < -0.3 is 29.7 Å². The van der Waals surface area contributed by atoms with E-state index in [-0.39, 0.29) is 54.2 Å². The monoisotopic (exact) mass is 749 g/mol. The highest BCUT2D eigenvalue weighted by Gasteiger charge is 2.37. The van der Waals surface area contributed by atoms with Gasteiger partial charge in [0.1, 0.15) is 5.75 Å². The third kappa shape index (κ3) is 11.4. The van der Waals surface area contributed by atoms with Crippen molar-refractivity contribution in [3.63, 3.8) is 0 Å². The highest BCUT2D eigenvalue weighted by molar-refractivity contribution is 6.01. The molecule has 0 bridgehead atoms. The van der Waals surface area contributed by atoms with Crippen LogP contribution in [0, 0.1) is 11.7 Å². The predicted octanol–water partition coefficient (Wildman–Crippen LogP) is 8.05. The Morgan fingerprint density at radius 2 is 1.66 bits per heavy atom. The SMILES string of the molecule is CN(C)Cc1ccc(Oc2ccccc2F)cc1.C[C@H]1COc2c(NC(=O)Cc3cc(C(F)(F)F)ccc3C(F)(F)F)cccc2C(=O)N(CCO)C1. The Bertz CT molecular complexity index is 1860. The quantitative estimate of drug-likeness (QED) is 0.169. The summed E-state index contributed by atoms with van der Waals surface area (Å²) in [4.78, 5) is 29.1. The fourth-order valence-electron chi connectivity index (χ4n) is 5.42. The van der Waals surface area contributed by atoms with E-state index in [4.69, 9.17) is 9.47 Å². The molecule has 2 amide bonds. The summed E-state index contributed by atoms with van der Waals surface area (Å²) in [5, 5.41) is 11.6. The molecule has 0 spiro atoms. The van der Waals surface area contributed by atoms with Gasteiger partial charge in [0.25, 0.3) is 5.91 Å². The van der Waals surface area contributed by atoms with Gasteiger partial charge in [0.2, 0.25) is 5.91 Å². The summed E-state index contributed by atoms with van der Waals surface area (Å²) >= 11 is 0. The number of nitrogens with zero attached hydrogens (tertiary/aromatic N) is 2. The number of hydrogen-bond donors (Lipinski definition) is 2. The molecular formula is C38H38F7N3O5. The van der Waals surface area contributed by atoms with Crippen LogP contribution in [0.5, 0.6) is 17.2 Å². The van der Waals surface area contributed by atoms with Crippen molar-refractivity contribution in [2.75, 3.05) is 45.7 Å². The number of ether oxygens (including phenoxy) is 2. The molecular weight excluding hydrogens is 711 g/mol. The number of nitrogens with one attached hydrogen (secondary N) is 1. The van der Waals surface area contributed by atoms with E-state index in [1.165, 1.54) is 34.7 Å². The van der Waals surface area contributed by atoms with Crippen LogP contribution in [-0.2, 0) is 30.1 Å².